The van der Waals surface area contributed by atoms with Crippen LogP contribution in [0.1, 0.15) is 44.3 Å². The molecule has 3 nitrogen and oxygen atoms in total. The van der Waals surface area contributed by atoms with Crippen molar-refractivity contribution in [3.05, 3.63) is 66.5 Å². The van der Waals surface area contributed by atoms with E-state index in [0.717, 1.165) is 46.1 Å². The molecule has 4 aliphatic carbocycles. The summed E-state index contributed by atoms with van der Waals surface area (Å²) in [6.07, 6.45) is 11.5. The first-order valence-corrected chi connectivity index (χ1v) is 10.7. The molecule has 4 fully saturated rings. The normalized spacial score (nSPS) is 29.9. The van der Waals surface area contributed by atoms with Gasteiger partial charge in [-0.3, -0.25) is 4.98 Å². The van der Waals surface area contributed by atoms with E-state index in [0.29, 0.717) is 0 Å². The Morgan fingerprint density at radius 2 is 1.24 bits per heavy atom. The lowest BCUT2D eigenvalue weighted by Gasteiger charge is -2.56. The quantitative estimate of drug-likeness (QED) is 0.571. The molecular weight excluding hydrogens is 361 g/mol. The molecule has 0 unspecified atom stereocenters. The summed E-state index contributed by atoms with van der Waals surface area (Å²) >= 11 is 0. The molecule has 29 heavy (non-hydrogen) atoms. The first-order chi connectivity index (χ1) is 14.2. The molecule has 0 N–H and O–H groups in total. The third-order valence-electron chi connectivity index (χ3n) is 7.35. The molecule has 0 amide bonds. The van der Waals surface area contributed by atoms with Crippen LogP contribution in [0.3, 0.4) is 0 Å². The van der Waals surface area contributed by atoms with Gasteiger partial charge in [0.15, 0.2) is 0 Å². The van der Waals surface area contributed by atoms with Crippen LogP contribution in [0.25, 0.3) is 22.5 Å². The molecular formula is C25H24FN3. The van der Waals surface area contributed by atoms with E-state index in [2.05, 4.69) is 4.98 Å². The van der Waals surface area contributed by atoms with Gasteiger partial charge in [-0.2, -0.15) is 0 Å². The Hall–Kier alpha value is -2.62. The molecule has 2 aromatic heterocycles. The Morgan fingerprint density at radius 3 is 1.79 bits per heavy atom. The van der Waals surface area contributed by atoms with Gasteiger partial charge in [-0.05, 0) is 98.7 Å². The molecule has 0 aliphatic heterocycles. The summed E-state index contributed by atoms with van der Waals surface area (Å²) in [5.74, 6) is 3.29. The second-order valence-electron chi connectivity index (χ2n) is 9.40. The van der Waals surface area contributed by atoms with Gasteiger partial charge in [-0.1, -0.05) is 0 Å². The summed E-state index contributed by atoms with van der Waals surface area (Å²) in [7, 11) is 0. The molecule has 0 radical (unpaired) electrons. The van der Waals surface area contributed by atoms with Crippen molar-refractivity contribution in [1.82, 2.24) is 15.0 Å². The Kier molecular flexibility index (Phi) is 3.84. The topological polar surface area (TPSA) is 38.7 Å². The van der Waals surface area contributed by atoms with Gasteiger partial charge in [-0.25, -0.2) is 14.4 Å². The summed E-state index contributed by atoms with van der Waals surface area (Å²) in [6, 6.07) is 12.7. The molecule has 0 spiro atoms. The highest BCUT2D eigenvalue weighted by Gasteiger charge is 2.53. The van der Waals surface area contributed by atoms with Crippen molar-refractivity contribution < 1.29 is 4.39 Å². The van der Waals surface area contributed by atoms with Crippen LogP contribution < -0.4 is 0 Å². The highest BCUT2D eigenvalue weighted by molar-refractivity contribution is 5.67. The minimum Gasteiger partial charge on any atom is -0.265 e. The second kappa shape index (κ2) is 6.45. The molecule has 7 rings (SSSR count). The number of nitrogens with zero attached hydrogens (tertiary/aromatic N) is 3. The van der Waals surface area contributed by atoms with E-state index in [1.165, 1.54) is 50.7 Å². The van der Waals surface area contributed by atoms with Crippen LogP contribution in [-0.2, 0) is 5.41 Å². The smallest absolute Gasteiger partial charge is 0.135 e. The maximum Gasteiger partial charge on any atom is 0.135 e. The van der Waals surface area contributed by atoms with Crippen molar-refractivity contribution in [2.75, 3.05) is 0 Å². The van der Waals surface area contributed by atoms with Gasteiger partial charge >= 0.3 is 0 Å². The van der Waals surface area contributed by atoms with Crippen molar-refractivity contribution in [1.29, 1.82) is 0 Å². The van der Waals surface area contributed by atoms with Crippen molar-refractivity contribution in [2.45, 2.75) is 43.9 Å². The molecule has 0 atom stereocenters. The van der Waals surface area contributed by atoms with E-state index >= 15 is 0 Å². The van der Waals surface area contributed by atoms with Crippen LogP contribution in [0.2, 0.25) is 0 Å². The average molecular weight is 385 g/mol. The summed E-state index contributed by atoms with van der Waals surface area (Å²) in [4.78, 5) is 14.4. The van der Waals surface area contributed by atoms with Crippen LogP contribution in [0.5, 0.6) is 0 Å². The van der Waals surface area contributed by atoms with Gasteiger partial charge < -0.3 is 0 Å². The van der Waals surface area contributed by atoms with Gasteiger partial charge in [0.1, 0.15) is 11.6 Å². The van der Waals surface area contributed by atoms with Crippen LogP contribution >= 0.6 is 0 Å². The molecule has 4 bridgehead atoms. The Balaban J connectivity index is 1.51. The summed E-state index contributed by atoms with van der Waals surface area (Å²) in [5.41, 5.74) is 3.93. The Bertz CT molecular complexity index is 1010. The lowest BCUT2D eigenvalue weighted by molar-refractivity contribution is -0.00929. The van der Waals surface area contributed by atoms with E-state index in [1.807, 2.05) is 30.3 Å². The standard InChI is InChI=1S/C25H24FN3/c26-21-3-1-19(2-4-21)22-12-23(20-5-7-27-8-6-20)29-24(28-22)25-13-16-9-17(14-25)11-18(10-16)15-25/h1-8,12,16-18H,9-11,13-15H2. The second-order valence-corrected chi connectivity index (χ2v) is 9.40. The van der Waals surface area contributed by atoms with Crippen molar-refractivity contribution in [3.8, 4) is 22.5 Å². The van der Waals surface area contributed by atoms with Crippen LogP contribution in [0.4, 0.5) is 4.39 Å². The van der Waals surface area contributed by atoms with Gasteiger partial charge in [0, 0.05) is 28.9 Å². The lowest BCUT2D eigenvalue weighted by atomic mass is 9.49. The highest BCUT2D eigenvalue weighted by atomic mass is 19.1. The predicted octanol–water partition coefficient (Wildman–Crippen LogP) is 5.81. The monoisotopic (exact) mass is 385 g/mol. The number of halogens is 1. The third-order valence-corrected chi connectivity index (χ3v) is 7.35. The molecule has 146 valence electrons. The highest BCUT2D eigenvalue weighted by Crippen LogP contribution is 2.60. The summed E-state index contributed by atoms with van der Waals surface area (Å²) in [6.45, 7) is 0. The van der Waals surface area contributed by atoms with E-state index in [1.54, 1.807) is 12.4 Å². The minimum absolute atomic E-state index is 0.118. The van der Waals surface area contributed by atoms with E-state index in [4.69, 9.17) is 9.97 Å². The number of hydrogen-bond acceptors (Lipinski definition) is 3. The molecule has 2 heterocycles. The van der Waals surface area contributed by atoms with Crippen LogP contribution in [-0.4, -0.2) is 15.0 Å². The first kappa shape index (κ1) is 17.3. The Labute approximate surface area is 170 Å². The van der Waals surface area contributed by atoms with Crippen molar-refractivity contribution >= 4 is 0 Å². The van der Waals surface area contributed by atoms with Gasteiger partial charge in [-0.15, -0.1) is 0 Å². The fourth-order valence-corrected chi connectivity index (χ4v) is 6.51. The maximum absolute atomic E-state index is 13.5. The van der Waals surface area contributed by atoms with E-state index in [9.17, 15) is 4.39 Å². The predicted molar refractivity (Wildman–Crippen MR) is 111 cm³/mol. The molecule has 4 saturated carbocycles. The molecule has 4 heteroatoms. The fraction of sp³-hybridized carbons (Fsp3) is 0.400. The van der Waals surface area contributed by atoms with Crippen molar-refractivity contribution in [2.24, 2.45) is 17.8 Å². The largest absolute Gasteiger partial charge is 0.265 e. The number of rotatable bonds is 3. The lowest BCUT2D eigenvalue weighted by Crippen LogP contribution is -2.49. The van der Waals surface area contributed by atoms with Gasteiger partial charge in [0.2, 0.25) is 0 Å². The van der Waals surface area contributed by atoms with E-state index < -0.39 is 0 Å². The number of pyridine rings is 1. The molecule has 3 aromatic rings. The zero-order valence-electron chi connectivity index (χ0n) is 16.4. The summed E-state index contributed by atoms with van der Waals surface area (Å²) in [5, 5.41) is 0. The maximum atomic E-state index is 13.5. The fourth-order valence-electron chi connectivity index (χ4n) is 6.51. The van der Waals surface area contributed by atoms with Crippen molar-refractivity contribution in [3.63, 3.8) is 0 Å². The van der Waals surface area contributed by atoms with Gasteiger partial charge in [0.25, 0.3) is 0 Å². The molecule has 0 saturated heterocycles. The van der Waals surface area contributed by atoms with Crippen LogP contribution in [0.15, 0.2) is 54.9 Å². The Morgan fingerprint density at radius 1 is 0.724 bits per heavy atom. The summed E-state index contributed by atoms with van der Waals surface area (Å²) < 4.78 is 13.5. The third kappa shape index (κ3) is 2.97. The first-order valence-electron chi connectivity index (χ1n) is 10.7. The van der Waals surface area contributed by atoms with Gasteiger partial charge in [0.05, 0.1) is 11.4 Å². The number of hydrogen-bond donors (Lipinski definition) is 0. The zero-order chi connectivity index (χ0) is 19.4. The number of aromatic nitrogens is 3. The van der Waals surface area contributed by atoms with Crippen LogP contribution in [0, 0.1) is 23.6 Å². The molecule has 4 aliphatic rings. The number of benzene rings is 1. The SMILES string of the molecule is Fc1ccc(-c2cc(-c3ccncc3)nc(C34CC5CC(CC(C5)C3)C4)n2)cc1. The molecule has 1 aromatic carbocycles. The zero-order valence-corrected chi connectivity index (χ0v) is 16.4. The average Bonchev–Trinajstić information content (AvgIpc) is 2.74. The van der Waals surface area contributed by atoms with E-state index in [-0.39, 0.29) is 11.2 Å². The minimum atomic E-state index is -0.224.